The molecule has 0 aliphatic rings. The zero-order valence-electron chi connectivity index (χ0n) is 17.7. The predicted octanol–water partition coefficient (Wildman–Crippen LogP) is 4.18. The lowest BCUT2D eigenvalue weighted by Gasteiger charge is -2.28. The molecule has 0 aliphatic heterocycles. The summed E-state index contributed by atoms with van der Waals surface area (Å²) in [6.45, 7) is 8.16. The lowest BCUT2D eigenvalue weighted by atomic mass is 9.87. The van der Waals surface area contributed by atoms with E-state index in [1.54, 1.807) is 20.0 Å². The summed E-state index contributed by atoms with van der Waals surface area (Å²) in [6.07, 6.45) is 0. The topological polar surface area (TPSA) is 58.6 Å². The van der Waals surface area contributed by atoms with Gasteiger partial charge in [-0.05, 0) is 41.7 Å². The van der Waals surface area contributed by atoms with Gasteiger partial charge < -0.3 is 15.0 Å². The zero-order chi connectivity index (χ0) is 21.6. The highest BCUT2D eigenvalue weighted by Crippen LogP contribution is 2.24. The summed E-state index contributed by atoms with van der Waals surface area (Å²) >= 11 is 6.25. The predicted molar refractivity (Wildman–Crippen MR) is 116 cm³/mol. The molecule has 0 fully saturated rings. The third-order valence-electron chi connectivity index (χ3n) is 4.79. The molecule has 2 aromatic carbocycles. The fourth-order valence-electron chi connectivity index (χ4n) is 2.88. The van der Waals surface area contributed by atoms with Gasteiger partial charge in [0.25, 0.3) is 5.91 Å². The molecule has 29 heavy (non-hydrogen) atoms. The molecule has 0 spiro atoms. The highest BCUT2D eigenvalue weighted by atomic mass is 35.5. The number of nitrogens with zero attached hydrogens (tertiary/aromatic N) is 1. The molecule has 0 saturated carbocycles. The van der Waals surface area contributed by atoms with Gasteiger partial charge in [0.1, 0.15) is 11.8 Å². The maximum absolute atomic E-state index is 12.9. The van der Waals surface area contributed by atoms with Crippen LogP contribution in [0, 0.1) is 0 Å². The molecule has 0 bridgehead atoms. The molecule has 6 heteroatoms. The van der Waals surface area contributed by atoms with Gasteiger partial charge in [0.05, 0.1) is 0 Å². The Morgan fingerprint density at radius 2 is 1.72 bits per heavy atom. The minimum absolute atomic E-state index is 0.0447. The van der Waals surface area contributed by atoms with Crippen molar-refractivity contribution in [3.63, 3.8) is 0 Å². The molecule has 0 aliphatic carbocycles. The van der Waals surface area contributed by atoms with E-state index in [9.17, 15) is 9.59 Å². The Kier molecular flexibility index (Phi) is 7.68. The van der Waals surface area contributed by atoms with E-state index >= 15 is 0 Å². The first kappa shape index (κ1) is 22.8. The highest BCUT2D eigenvalue weighted by Gasteiger charge is 2.26. The van der Waals surface area contributed by atoms with Gasteiger partial charge in [-0.3, -0.25) is 9.59 Å². The van der Waals surface area contributed by atoms with E-state index in [-0.39, 0.29) is 30.4 Å². The molecule has 0 unspecified atom stereocenters. The van der Waals surface area contributed by atoms with Gasteiger partial charge in [0.15, 0.2) is 6.61 Å². The molecule has 2 amide bonds. The second-order valence-electron chi connectivity index (χ2n) is 7.97. The van der Waals surface area contributed by atoms with Crippen molar-refractivity contribution in [2.24, 2.45) is 0 Å². The molecule has 156 valence electrons. The maximum Gasteiger partial charge on any atom is 0.261 e. The number of hydrogen-bond donors (Lipinski definition) is 1. The van der Waals surface area contributed by atoms with Crippen LogP contribution in [0.4, 0.5) is 0 Å². The normalized spacial score (nSPS) is 12.2. The van der Waals surface area contributed by atoms with Gasteiger partial charge in [-0.15, -0.1) is 0 Å². The van der Waals surface area contributed by atoms with Crippen LogP contribution < -0.4 is 10.1 Å². The van der Waals surface area contributed by atoms with Crippen LogP contribution >= 0.6 is 11.6 Å². The van der Waals surface area contributed by atoms with Gasteiger partial charge in [-0.25, -0.2) is 0 Å². The summed E-state index contributed by atoms with van der Waals surface area (Å²) in [7, 11) is 1.55. The summed E-state index contributed by atoms with van der Waals surface area (Å²) in [5, 5.41) is 3.14. The Balaban J connectivity index is 2.12. The Bertz CT molecular complexity index is 844. The van der Waals surface area contributed by atoms with Crippen LogP contribution in [0.3, 0.4) is 0 Å². The first-order chi connectivity index (χ1) is 13.6. The first-order valence-corrected chi connectivity index (χ1v) is 9.99. The Morgan fingerprint density at radius 1 is 1.10 bits per heavy atom. The third-order valence-corrected chi connectivity index (χ3v) is 5.16. The van der Waals surface area contributed by atoms with E-state index in [1.165, 1.54) is 10.5 Å². The number of carbonyl (C=O) groups excluding carboxylic acids is 2. The molecule has 0 heterocycles. The number of carbonyl (C=O) groups is 2. The van der Waals surface area contributed by atoms with Crippen LogP contribution in [0.5, 0.6) is 5.75 Å². The number of rotatable bonds is 7. The van der Waals surface area contributed by atoms with Crippen LogP contribution in [0.1, 0.15) is 38.8 Å². The monoisotopic (exact) mass is 416 g/mol. The van der Waals surface area contributed by atoms with Crippen LogP contribution in [-0.4, -0.2) is 36.4 Å². The summed E-state index contributed by atoms with van der Waals surface area (Å²) in [5.74, 6) is 0.0671. The van der Waals surface area contributed by atoms with E-state index in [0.717, 1.165) is 5.56 Å². The minimum atomic E-state index is -0.657. The molecule has 1 N–H and O–H groups in total. The van der Waals surface area contributed by atoms with Crippen molar-refractivity contribution in [1.82, 2.24) is 10.2 Å². The lowest BCUT2D eigenvalue weighted by Crippen LogP contribution is -2.48. The van der Waals surface area contributed by atoms with Crippen molar-refractivity contribution in [2.75, 3.05) is 13.7 Å². The molecule has 0 saturated heterocycles. The number of halogens is 1. The minimum Gasteiger partial charge on any atom is -0.484 e. The van der Waals surface area contributed by atoms with Crippen molar-refractivity contribution in [1.29, 1.82) is 0 Å². The summed E-state index contributed by atoms with van der Waals surface area (Å²) in [6, 6.07) is 14.3. The van der Waals surface area contributed by atoms with Crippen molar-refractivity contribution >= 4 is 23.4 Å². The van der Waals surface area contributed by atoms with Gasteiger partial charge in [0.2, 0.25) is 5.91 Å². The van der Waals surface area contributed by atoms with E-state index in [2.05, 4.69) is 26.1 Å². The molecule has 0 aromatic heterocycles. The fourth-order valence-corrected chi connectivity index (χ4v) is 3.08. The van der Waals surface area contributed by atoms with Crippen molar-refractivity contribution < 1.29 is 14.3 Å². The van der Waals surface area contributed by atoms with Crippen LogP contribution in [0.25, 0.3) is 0 Å². The molecule has 0 radical (unpaired) electrons. The van der Waals surface area contributed by atoms with Crippen LogP contribution in [-0.2, 0) is 21.5 Å². The molecule has 2 rings (SSSR count). The second kappa shape index (κ2) is 9.79. The van der Waals surface area contributed by atoms with E-state index in [1.807, 2.05) is 42.5 Å². The van der Waals surface area contributed by atoms with E-state index in [0.29, 0.717) is 10.8 Å². The summed E-state index contributed by atoms with van der Waals surface area (Å²) in [5.41, 5.74) is 2.00. The summed E-state index contributed by atoms with van der Waals surface area (Å²) in [4.78, 5) is 26.5. The number of nitrogens with one attached hydrogen (secondary N) is 1. The molecule has 1 atom stereocenters. The van der Waals surface area contributed by atoms with E-state index < -0.39 is 6.04 Å². The van der Waals surface area contributed by atoms with Crippen molar-refractivity contribution in [3.05, 3.63) is 64.7 Å². The molecule has 2 aromatic rings. The fraction of sp³-hybridized carbons (Fsp3) is 0.391. The Hall–Kier alpha value is -2.53. The lowest BCUT2D eigenvalue weighted by molar-refractivity contribution is -0.142. The van der Waals surface area contributed by atoms with Crippen molar-refractivity contribution in [2.45, 2.75) is 45.7 Å². The first-order valence-electron chi connectivity index (χ1n) is 9.61. The zero-order valence-corrected chi connectivity index (χ0v) is 18.4. The maximum atomic E-state index is 12.9. The number of benzene rings is 2. The standard InChI is InChI=1S/C23H29ClN2O3/c1-16(22(28)25-5)26(14-17-8-6-7-9-20(17)24)21(27)15-29-19-12-10-18(11-13-19)23(2,3)4/h6-13,16H,14-15H2,1-5H3,(H,25,28)/t16-/m1/s1. The largest absolute Gasteiger partial charge is 0.484 e. The molecular weight excluding hydrogens is 388 g/mol. The van der Waals surface area contributed by atoms with Gasteiger partial charge >= 0.3 is 0 Å². The van der Waals surface area contributed by atoms with Gasteiger partial charge in [-0.2, -0.15) is 0 Å². The smallest absolute Gasteiger partial charge is 0.261 e. The van der Waals surface area contributed by atoms with Crippen LogP contribution in [0.2, 0.25) is 5.02 Å². The molecular formula is C23H29ClN2O3. The van der Waals surface area contributed by atoms with Crippen LogP contribution in [0.15, 0.2) is 48.5 Å². The summed E-state index contributed by atoms with van der Waals surface area (Å²) < 4.78 is 5.69. The second-order valence-corrected chi connectivity index (χ2v) is 8.37. The number of amides is 2. The Labute approximate surface area is 178 Å². The number of hydrogen-bond acceptors (Lipinski definition) is 3. The van der Waals surface area contributed by atoms with Gasteiger partial charge in [0, 0.05) is 18.6 Å². The third kappa shape index (κ3) is 6.23. The number of ether oxygens (including phenoxy) is 1. The molecule has 5 nitrogen and oxygen atoms in total. The Morgan fingerprint density at radius 3 is 2.28 bits per heavy atom. The quantitative estimate of drug-likeness (QED) is 0.736. The van der Waals surface area contributed by atoms with Crippen molar-refractivity contribution in [3.8, 4) is 5.75 Å². The van der Waals surface area contributed by atoms with E-state index in [4.69, 9.17) is 16.3 Å². The highest BCUT2D eigenvalue weighted by molar-refractivity contribution is 6.31. The average molecular weight is 417 g/mol. The number of likely N-dealkylation sites (N-methyl/N-ethyl adjacent to an activating group) is 1. The average Bonchev–Trinajstić information content (AvgIpc) is 2.70. The SMILES string of the molecule is CNC(=O)[C@@H](C)N(Cc1ccccc1Cl)C(=O)COc1ccc(C(C)(C)C)cc1. The van der Waals surface area contributed by atoms with Gasteiger partial charge in [-0.1, -0.05) is 62.7 Å².